The van der Waals surface area contributed by atoms with Crippen LogP contribution in [0.2, 0.25) is 0 Å². The summed E-state index contributed by atoms with van der Waals surface area (Å²) < 4.78 is 9.86. The van der Waals surface area contributed by atoms with Gasteiger partial charge >= 0.3 is 5.97 Å². The molecule has 0 aliphatic carbocycles. The maximum atomic E-state index is 12.1. The molecule has 0 spiro atoms. The first-order valence-corrected chi connectivity index (χ1v) is 6.00. The Morgan fingerprint density at radius 2 is 1.85 bits per heavy atom. The molecule has 0 bridgehead atoms. The number of nitrogens with one attached hydrogen (secondary N) is 1. The maximum Gasteiger partial charge on any atom is 0.308 e. The van der Waals surface area contributed by atoms with Crippen molar-refractivity contribution >= 4 is 17.6 Å². The van der Waals surface area contributed by atoms with Crippen molar-refractivity contribution in [3.63, 3.8) is 0 Å². The largest absolute Gasteiger partial charge is 0.427 e. The molecule has 0 saturated heterocycles. The molecule has 1 N–H and O–H groups in total. The molecule has 1 aromatic heterocycles. The lowest BCUT2D eigenvalue weighted by Gasteiger charge is -2.06. The van der Waals surface area contributed by atoms with E-state index in [4.69, 9.17) is 9.26 Å². The smallest absolute Gasteiger partial charge is 0.308 e. The van der Waals surface area contributed by atoms with Crippen molar-refractivity contribution in [3.8, 4) is 5.75 Å². The van der Waals surface area contributed by atoms with Crippen LogP contribution in [0, 0.1) is 13.8 Å². The predicted octanol–water partition coefficient (Wildman–Crippen LogP) is 2.47. The number of rotatable bonds is 3. The number of nitrogens with zero attached hydrogens (tertiary/aromatic N) is 1. The van der Waals surface area contributed by atoms with E-state index in [1.165, 1.54) is 6.92 Å². The van der Waals surface area contributed by atoms with Crippen LogP contribution in [0.15, 0.2) is 28.8 Å². The second-order valence-electron chi connectivity index (χ2n) is 4.27. The fourth-order valence-electron chi connectivity index (χ4n) is 1.77. The number of ether oxygens (including phenoxy) is 1. The zero-order chi connectivity index (χ0) is 14.7. The summed E-state index contributed by atoms with van der Waals surface area (Å²) in [4.78, 5) is 22.9. The van der Waals surface area contributed by atoms with Crippen molar-refractivity contribution in [2.45, 2.75) is 20.8 Å². The van der Waals surface area contributed by atoms with Crippen LogP contribution in [-0.2, 0) is 4.79 Å². The minimum absolute atomic E-state index is 0.290. The van der Waals surface area contributed by atoms with Gasteiger partial charge in [0.2, 0.25) is 0 Å². The number of amides is 1. The SMILES string of the molecule is CC(=O)Oc1ccc(NC(=O)c2c(C)noc2C)cc1. The topological polar surface area (TPSA) is 81.4 Å². The van der Waals surface area contributed by atoms with Gasteiger partial charge in [-0.15, -0.1) is 0 Å². The minimum Gasteiger partial charge on any atom is -0.427 e. The minimum atomic E-state index is -0.391. The molecule has 20 heavy (non-hydrogen) atoms. The average Bonchev–Trinajstić information content (AvgIpc) is 2.71. The van der Waals surface area contributed by atoms with Gasteiger partial charge in [-0.3, -0.25) is 9.59 Å². The summed E-state index contributed by atoms with van der Waals surface area (Å²) in [6.07, 6.45) is 0. The van der Waals surface area contributed by atoms with Crippen molar-refractivity contribution < 1.29 is 18.8 Å². The second-order valence-corrected chi connectivity index (χ2v) is 4.27. The van der Waals surface area contributed by atoms with Crippen LogP contribution in [0.1, 0.15) is 28.7 Å². The van der Waals surface area contributed by atoms with E-state index in [2.05, 4.69) is 10.5 Å². The molecule has 6 nitrogen and oxygen atoms in total. The van der Waals surface area contributed by atoms with Crippen molar-refractivity contribution in [1.29, 1.82) is 0 Å². The molecule has 1 amide bonds. The van der Waals surface area contributed by atoms with Crippen molar-refractivity contribution in [2.24, 2.45) is 0 Å². The fourth-order valence-corrected chi connectivity index (χ4v) is 1.77. The molecular formula is C14H14N2O4. The molecule has 6 heteroatoms. The highest BCUT2D eigenvalue weighted by atomic mass is 16.5. The molecule has 1 heterocycles. The number of aromatic nitrogens is 1. The standard InChI is InChI=1S/C14H14N2O4/c1-8-13(9(2)20-16-8)14(18)15-11-4-6-12(7-5-11)19-10(3)17/h4-7H,1-3H3,(H,15,18). The predicted molar refractivity (Wildman–Crippen MR) is 71.7 cm³/mol. The highest BCUT2D eigenvalue weighted by Gasteiger charge is 2.17. The van der Waals surface area contributed by atoms with Gasteiger partial charge in [0.1, 0.15) is 17.1 Å². The summed E-state index contributed by atoms with van der Waals surface area (Å²) in [6, 6.07) is 6.50. The summed E-state index contributed by atoms with van der Waals surface area (Å²) >= 11 is 0. The summed E-state index contributed by atoms with van der Waals surface area (Å²) in [5, 5.41) is 6.46. The van der Waals surface area contributed by atoms with Gasteiger partial charge in [0.05, 0.1) is 5.69 Å². The quantitative estimate of drug-likeness (QED) is 0.686. The third-order valence-electron chi connectivity index (χ3n) is 2.63. The highest BCUT2D eigenvalue weighted by Crippen LogP contribution is 2.18. The highest BCUT2D eigenvalue weighted by molar-refractivity contribution is 6.05. The van der Waals surface area contributed by atoms with E-state index in [9.17, 15) is 9.59 Å². The molecule has 2 rings (SSSR count). The van der Waals surface area contributed by atoms with E-state index in [1.54, 1.807) is 38.1 Å². The number of carbonyl (C=O) groups excluding carboxylic acids is 2. The first-order valence-electron chi connectivity index (χ1n) is 6.00. The Labute approximate surface area is 115 Å². The second kappa shape index (κ2) is 5.56. The normalized spacial score (nSPS) is 10.2. The van der Waals surface area contributed by atoms with Crippen LogP contribution in [-0.4, -0.2) is 17.0 Å². The Kier molecular flexibility index (Phi) is 3.84. The first-order chi connectivity index (χ1) is 9.47. The summed E-state index contributed by atoms with van der Waals surface area (Å²) in [5.74, 6) is 0.211. The van der Waals surface area contributed by atoms with Gasteiger partial charge in [-0.25, -0.2) is 0 Å². The van der Waals surface area contributed by atoms with E-state index in [0.29, 0.717) is 28.5 Å². The molecule has 0 aliphatic heterocycles. The monoisotopic (exact) mass is 274 g/mol. The fraction of sp³-hybridized carbons (Fsp3) is 0.214. The van der Waals surface area contributed by atoms with Crippen LogP contribution in [0.25, 0.3) is 0 Å². The summed E-state index contributed by atoms with van der Waals surface area (Å²) in [5.41, 5.74) is 1.55. The molecule has 0 saturated carbocycles. The zero-order valence-corrected chi connectivity index (χ0v) is 11.4. The number of hydrogen-bond acceptors (Lipinski definition) is 5. The molecule has 0 unspecified atom stereocenters. The maximum absolute atomic E-state index is 12.1. The number of anilines is 1. The van der Waals surface area contributed by atoms with Crippen LogP contribution < -0.4 is 10.1 Å². The first kappa shape index (κ1) is 13.8. The van der Waals surface area contributed by atoms with Gasteiger partial charge in [0.25, 0.3) is 5.91 Å². The number of esters is 1. The van der Waals surface area contributed by atoms with Crippen molar-refractivity contribution in [1.82, 2.24) is 5.16 Å². The molecule has 0 atom stereocenters. The van der Waals surface area contributed by atoms with Crippen LogP contribution in [0.4, 0.5) is 5.69 Å². The average molecular weight is 274 g/mol. The zero-order valence-electron chi connectivity index (χ0n) is 11.4. The summed E-state index contributed by atoms with van der Waals surface area (Å²) in [7, 11) is 0. The molecule has 1 aromatic carbocycles. The van der Waals surface area contributed by atoms with Crippen LogP contribution in [0.5, 0.6) is 5.75 Å². The van der Waals surface area contributed by atoms with Gasteiger partial charge < -0.3 is 14.6 Å². The lowest BCUT2D eigenvalue weighted by atomic mass is 10.2. The van der Waals surface area contributed by atoms with Crippen molar-refractivity contribution in [2.75, 3.05) is 5.32 Å². The molecule has 0 radical (unpaired) electrons. The molecule has 104 valence electrons. The Balaban J connectivity index is 2.10. The number of aryl methyl sites for hydroxylation is 2. The lowest BCUT2D eigenvalue weighted by Crippen LogP contribution is -2.13. The van der Waals surface area contributed by atoms with E-state index in [0.717, 1.165) is 0 Å². The van der Waals surface area contributed by atoms with Gasteiger partial charge in [-0.2, -0.15) is 0 Å². The van der Waals surface area contributed by atoms with Gasteiger partial charge in [-0.05, 0) is 38.1 Å². The Morgan fingerprint density at radius 3 is 2.35 bits per heavy atom. The van der Waals surface area contributed by atoms with Gasteiger partial charge in [0.15, 0.2) is 0 Å². The summed E-state index contributed by atoms with van der Waals surface area (Å²) in [6.45, 7) is 4.71. The van der Waals surface area contributed by atoms with Gasteiger partial charge in [0, 0.05) is 12.6 Å². The van der Waals surface area contributed by atoms with Crippen LogP contribution >= 0.6 is 0 Å². The Hall–Kier alpha value is -2.63. The third-order valence-corrected chi connectivity index (χ3v) is 2.63. The molecule has 2 aromatic rings. The number of carbonyl (C=O) groups is 2. The van der Waals surface area contributed by atoms with Gasteiger partial charge in [-0.1, -0.05) is 5.16 Å². The molecular weight excluding hydrogens is 260 g/mol. The van der Waals surface area contributed by atoms with E-state index < -0.39 is 5.97 Å². The Bertz CT molecular complexity index is 624. The molecule has 0 fully saturated rings. The van der Waals surface area contributed by atoms with Crippen molar-refractivity contribution in [3.05, 3.63) is 41.3 Å². The van der Waals surface area contributed by atoms with Crippen LogP contribution in [0.3, 0.4) is 0 Å². The van der Waals surface area contributed by atoms with E-state index in [-0.39, 0.29) is 5.91 Å². The van der Waals surface area contributed by atoms with E-state index in [1.807, 2.05) is 0 Å². The van der Waals surface area contributed by atoms with E-state index >= 15 is 0 Å². The number of benzene rings is 1. The number of hydrogen-bond donors (Lipinski definition) is 1. The Morgan fingerprint density at radius 1 is 1.20 bits per heavy atom. The molecule has 0 aliphatic rings. The lowest BCUT2D eigenvalue weighted by molar-refractivity contribution is -0.131. The third kappa shape index (κ3) is 3.03.